The fraction of sp³-hybridized carbons (Fsp3) is 0.256. The maximum absolute atomic E-state index is 10.7. The number of nitrogens with one attached hydrogen (secondary N) is 1. The summed E-state index contributed by atoms with van der Waals surface area (Å²) >= 11 is 1.44. The van der Waals surface area contributed by atoms with Crippen LogP contribution in [0.15, 0.2) is 231 Å². The molecule has 0 aliphatic carbocycles. The van der Waals surface area contributed by atoms with Gasteiger partial charge in [0, 0.05) is 87.0 Å². The van der Waals surface area contributed by atoms with Crippen LogP contribution in [0.2, 0.25) is 0 Å². The molecule has 2 atom stereocenters. The molecule has 0 radical (unpaired) electrons. The van der Waals surface area contributed by atoms with E-state index in [4.69, 9.17) is 22.4 Å². The molecule has 2 saturated heterocycles. The van der Waals surface area contributed by atoms with Crippen LogP contribution in [0.3, 0.4) is 0 Å². The number of rotatable bonds is 20. The lowest BCUT2D eigenvalue weighted by atomic mass is 9.92. The Morgan fingerprint density at radius 3 is 1.56 bits per heavy atom. The largest absolute Gasteiger partial charge is 0.507 e. The average molecular weight is 1490 g/mol. The Kier molecular flexibility index (Phi) is 27.0. The normalized spacial score (nSPS) is 13.6. The molecule has 109 heavy (non-hydrogen) atoms. The first-order valence-corrected chi connectivity index (χ1v) is 36.7. The van der Waals surface area contributed by atoms with Crippen molar-refractivity contribution in [3.63, 3.8) is 0 Å². The van der Waals surface area contributed by atoms with Crippen molar-refractivity contribution in [3.05, 3.63) is 248 Å². The van der Waals surface area contributed by atoms with Gasteiger partial charge in [-0.3, -0.25) is 29.7 Å². The molecule has 26 nitrogen and oxygen atoms in total. The number of phenolic OH excluding ortho intramolecular Hbond substituents is 4. The van der Waals surface area contributed by atoms with Crippen molar-refractivity contribution >= 4 is 11.3 Å². The van der Waals surface area contributed by atoms with E-state index in [0.717, 1.165) is 125 Å². The number of benzene rings is 5. The maximum Gasteiger partial charge on any atom is 0.251 e. The minimum atomic E-state index is -0.600. The number of hydrogen-bond acceptors (Lipinski definition) is 27. The number of morpholine rings is 1. The number of aromatic nitrogens is 13. The third-order valence-electron chi connectivity index (χ3n) is 17.9. The summed E-state index contributed by atoms with van der Waals surface area (Å²) in [5.41, 5.74) is 9.56. The van der Waals surface area contributed by atoms with Gasteiger partial charge in [0.05, 0.1) is 76.2 Å². The molecule has 2 fully saturated rings. The highest BCUT2D eigenvalue weighted by Crippen LogP contribution is 2.40. The molecule has 2 unspecified atom stereocenters. The van der Waals surface area contributed by atoms with E-state index in [1.54, 1.807) is 98.2 Å². The van der Waals surface area contributed by atoms with E-state index in [1.165, 1.54) is 37.0 Å². The summed E-state index contributed by atoms with van der Waals surface area (Å²) in [7, 11) is 0. The second kappa shape index (κ2) is 38.4. The Morgan fingerprint density at radius 2 is 1.00 bits per heavy atom. The van der Waals surface area contributed by atoms with Crippen LogP contribution in [0.5, 0.6) is 23.0 Å². The number of hydrogen-bond donors (Lipinski definition) is 6. The number of likely N-dealkylation sites (tertiary alicyclic amines) is 1. The fourth-order valence-corrected chi connectivity index (χ4v) is 13.0. The number of ether oxygens (including phenoxy) is 1. The smallest absolute Gasteiger partial charge is 0.251 e. The molecule has 16 rings (SSSR count). The number of aliphatic hydroxyl groups excluding tert-OH is 1. The summed E-state index contributed by atoms with van der Waals surface area (Å²) in [6.45, 7) is 15.7. The minimum absolute atomic E-state index is 0.118. The van der Waals surface area contributed by atoms with Crippen LogP contribution >= 0.6 is 11.3 Å². The molecule has 0 saturated carbocycles. The van der Waals surface area contributed by atoms with Crippen LogP contribution in [-0.4, -0.2) is 146 Å². The number of aryl methyl sites for hydroxylation is 2. The van der Waals surface area contributed by atoms with Crippen LogP contribution in [0, 0.1) is 12.8 Å². The van der Waals surface area contributed by atoms with Gasteiger partial charge in [0.15, 0.2) is 0 Å². The Labute approximate surface area is 634 Å². The van der Waals surface area contributed by atoms with E-state index >= 15 is 0 Å². The van der Waals surface area contributed by atoms with E-state index in [2.05, 4.69) is 87.7 Å². The number of para-hydroxylation sites is 2. The zero-order valence-corrected chi connectivity index (χ0v) is 61.5. The molecule has 2 aliphatic heterocycles. The molecule has 558 valence electrons. The molecule has 27 heteroatoms. The number of piperidine rings is 1. The topological polar surface area (TPSA) is 349 Å². The van der Waals surface area contributed by atoms with Crippen molar-refractivity contribution < 1.29 is 47.9 Å². The zero-order valence-electron chi connectivity index (χ0n) is 60.7. The molecular formula is C82H84N16O10S. The number of aliphatic hydroxyl groups is 1. The first-order chi connectivity index (χ1) is 53.3. The molecule has 0 spiro atoms. The van der Waals surface area contributed by atoms with Crippen molar-refractivity contribution in [1.29, 1.82) is 0 Å². The molecule has 0 amide bonds. The van der Waals surface area contributed by atoms with Gasteiger partial charge in [-0.2, -0.15) is 0 Å². The number of aromatic hydroxyl groups is 4. The van der Waals surface area contributed by atoms with Crippen LogP contribution in [-0.2, 0) is 30.8 Å². The van der Waals surface area contributed by atoms with Crippen molar-refractivity contribution in [2.24, 2.45) is 5.92 Å². The Hall–Kier alpha value is -12.1. The number of pyridine rings is 4. The third kappa shape index (κ3) is 21.2. The van der Waals surface area contributed by atoms with E-state index in [9.17, 15) is 25.5 Å². The lowest BCUT2D eigenvalue weighted by Gasteiger charge is -2.30. The molecule has 14 aromatic rings. The van der Waals surface area contributed by atoms with E-state index < -0.39 is 6.10 Å². The van der Waals surface area contributed by atoms with Crippen LogP contribution in [0.25, 0.3) is 89.7 Å². The van der Waals surface area contributed by atoms with E-state index in [1.807, 2.05) is 136 Å². The lowest BCUT2D eigenvalue weighted by Crippen LogP contribution is -2.35. The summed E-state index contributed by atoms with van der Waals surface area (Å²) in [5.74, 6) is 5.18. The van der Waals surface area contributed by atoms with Gasteiger partial charge in [-0.25, -0.2) is 4.98 Å². The van der Waals surface area contributed by atoms with Gasteiger partial charge in [0.25, 0.3) is 11.8 Å². The summed E-state index contributed by atoms with van der Waals surface area (Å²) in [6, 6.07) is 47.6. The van der Waals surface area contributed by atoms with Gasteiger partial charge in [0.1, 0.15) is 28.0 Å². The highest BCUT2D eigenvalue weighted by Gasteiger charge is 2.24. The average Bonchev–Trinajstić information content (AvgIpc) is 1.77. The summed E-state index contributed by atoms with van der Waals surface area (Å²) in [4.78, 5) is 26.1. The van der Waals surface area contributed by atoms with Crippen molar-refractivity contribution in [1.82, 2.24) is 80.8 Å². The van der Waals surface area contributed by atoms with Crippen molar-refractivity contribution in [3.8, 4) is 113 Å². The predicted molar refractivity (Wildman–Crippen MR) is 411 cm³/mol. The number of phenols is 4. The highest BCUT2D eigenvalue weighted by molar-refractivity contribution is 7.18. The summed E-state index contributed by atoms with van der Waals surface area (Å²) in [6.07, 6.45) is 20.6. The second-order valence-electron chi connectivity index (χ2n) is 25.8. The predicted octanol–water partition coefficient (Wildman–Crippen LogP) is 15.1. The van der Waals surface area contributed by atoms with Crippen molar-refractivity contribution in [2.45, 2.75) is 91.6 Å². The SMILES string of the molecule is CC(NCc1nnc(-c2cccnc2)o1)C(O)c1ccccc1.CCCC1CCN(Cc2nnc(-c3cccnc3)o2)CC1.CCc1cc(CN2CCOCC2)cc(-c2nnc(-c3cccnc3)o2)c1O.Cc1ccc(O)c(-c2nnc(-c3cccnc3)o2)c1.Oc1ccccc1-c1cnc(-c2ccccc2O)s1. The molecule has 2 aliphatic rings. The Morgan fingerprint density at radius 1 is 0.495 bits per heavy atom. The van der Waals surface area contributed by atoms with Crippen molar-refractivity contribution in [2.75, 3.05) is 39.4 Å². The van der Waals surface area contributed by atoms with E-state index in [0.29, 0.717) is 70.4 Å². The lowest BCUT2D eigenvalue weighted by molar-refractivity contribution is 0.0342. The maximum atomic E-state index is 10.7. The van der Waals surface area contributed by atoms with Gasteiger partial charge in [-0.15, -0.1) is 52.1 Å². The standard InChI is InChI=1S/C20H22N4O3.C17H18N4O2.C16H22N4O.C15H11NO2S.C14H11N3O2/c1-2-15-10-14(13-24-6-8-26-9-7-24)11-17(18(15)25)20-23-22-19(27-20)16-4-3-5-21-12-16;1-12(16(22)13-6-3-2-4-7-13)19-11-15-20-21-17(23-15)14-8-5-9-18-10-14;1-2-4-13-6-9-20(10-7-13)12-15-18-19-16(21-15)14-5-3-8-17-11-14;17-12-7-3-1-5-10(12)14-9-16-15(19-14)11-6-2-4-8-13(11)18;1-9-4-5-12(18)11(7-9)14-17-16-13(19-14)10-3-2-6-15-8-10/h3-5,10-12,25H,2,6-9,13H2,1H3;2-10,12,16,19,22H,11H2,1H3;3,5,8,11,13H,2,4,6-7,9-10,12H2,1H3;1-9,17-18H;2-8,18H,1H3. The van der Waals surface area contributed by atoms with Gasteiger partial charge >= 0.3 is 0 Å². The van der Waals surface area contributed by atoms with Gasteiger partial charge in [0.2, 0.25) is 35.3 Å². The van der Waals surface area contributed by atoms with Crippen LogP contribution < -0.4 is 5.32 Å². The highest BCUT2D eigenvalue weighted by atomic mass is 32.1. The first kappa shape index (κ1) is 76.5. The summed E-state index contributed by atoms with van der Waals surface area (Å²) < 4.78 is 28.2. The minimum Gasteiger partial charge on any atom is -0.507 e. The molecule has 6 N–H and O–H groups in total. The van der Waals surface area contributed by atoms with Gasteiger partial charge < -0.3 is 53.3 Å². The van der Waals surface area contributed by atoms with Gasteiger partial charge in [-0.05, 0) is 160 Å². The Balaban J connectivity index is 0.000000128. The molecular weight excluding hydrogens is 1400 g/mol. The van der Waals surface area contributed by atoms with Crippen LogP contribution in [0.4, 0.5) is 0 Å². The zero-order chi connectivity index (χ0) is 75.7. The molecule has 0 bridgehead atoms. The Bertz CT molecular complexity index is 5020. The van der Waals surface area contributed by atoms with Crippen LogP contribution in [0.1, 0.15) is 86.6 Å². The second-order valence-corrected chi connectivity index (χ2v) is 26.8. The fourth-order valence-electron chi connectivity index (χ4n) is 12.0. The van der Waals surface area contributed by atoms with E-state index in [-0.39, 0.29) is 29.0 Å². The summed E-state index contributed by atoms with van der Waals surface area (Å²) in [5, 5.41) is 86.9. The number of thiazole rings is 1. The van der Waals surface area contributed by atoms with Gasteiger partial charge in [-0.1, -0.05) is 99.0 Å². The first-order valence-electron chi connectivity index (χ1n) is 35.9. The quantitative estimate of drug-likeness (QED) is 0.0413. The third-order valence-corrected chi connectivity index (χ3v) is 19.0. The molecule has 11 heterocycles. The monoisotopic (exact) mass is 1480 g/mol. The number of nitrogens with zero attached hydrogens (tertiary/aromatic N) is 15. The molecule has 9 aromatic heterocycles. The molecule has 5 aromatic carbocycles.